The Labute approximate surface area is 133 Å². The third kappa shape index (κ3) is 4.68. The van der Waals surface area contributed by atoms with Gasteiger partial charge in [-0.3, -0.25) is 4.79 Å². The number of hydrogen-bond donors (Lipinski definition) is 1. The number of carbonyl (C=O) groups excluding carboxylic acids is 1. The predicted octanol–water partition coefficient (Wildman–Crippen LogP) is 3.12. The van der Waals surface area contributed by atoms with Gasteiger partial charge in [0.15, 0.2) is 0 Å². The molecule has 1 fully saturated rings. The van der Waals surface area contributed by atoms with Crippen LogP contribution in [0.5, 0.6) is 0 Å². The van der Waals surface area contributed by atoms with E-state index < -0.39 is 0 Å². The van der Waals surface area contributed by atoms with Crippen LogP contribution in [0.3, 0.4) is 0 Å². The second-order valence-electron chi connectivity index (χ2n) is 6.79. The second-order valence-corrected chi connectivity index (χ2v) is 6.79. The van der Waals surface area contributed by atoms with E-state index in [0.29, 0.717) is 23.4 Å². The first-order chi connectivity index (χ1) is 10.5. The first-order valence-corrected chi connectivity index (χ1v) is 8.34. The molecule has 1 saturated heterocycles. The number of piperidine rings is 1. The highest BCUT2D eigenvalue weighted by molar-refractivity contribution is 5.93. The lowest BCUT2D eigenvalue weighted by molar-refractivity contribution is 0.0676. The van der Waals surface area contributed by atoms with Gasteiger partial charge in [0.1, 0.15) is 17.3 Å². The van der Waals surface area contributed by atoms with Gasteiger partial charge in [-0.05, 0) is 38.0 Å². The van der Waals surface area contributed by atoms with Gasteiger partial charge >= 0.3 is 0 Å². The number of aromatic nitrogens is 2. The molecule has 0 aliphatic carbocycles. The molecule has 5 nitrogen and oxygen atoms in total. The zero-order chi connectivity index (χ0) is 16.1. The molecule has 0 radical (unpaired) electrons. The molecule has 2 rings (SSSR count). The van der Waals surface area contributed by atoms with Crippen molar-refractivity contribution in [2.45, 2.75) is 47.0 Å². The number of nitrogens with one attached hydrogen (secondary N) is 1. The number of nitrogens with zero attached hydrogens (tertiary/aromatic N) is 3. The third-order valence-electron chi connectivity index (χ3n) is 4.03. The molecule has 1 aliphatic rings. The van der Waals surface area contributed by atoms with Crippen molar-refractivity contribution in [3.63, 3.8) is 0 Å². The molecule has 122 valence electrons. The molecule has 5 heteroatoms. The van der Waals surface area contributed by atoms with Crippen LogP contribution in [0.4, 0.5) is 5.82 Å². The molecule has 2 heterocycles. The van der Waals surface area contributed by atoms with Crippen LogP contribution in [0.25, 0.3) is 0 Å². The second kappa shape index (κ2) is 7.56. The highest BCUT2D eigenvalue weighted by Gasteiger charge is 2.23. The Bertz CT molecular complexity index is 515. The van der Waals surface area contributed by atoms with E-state index in [9.17, 15) is 4.79 Å². The van der Waals surface area contributed by atoms with Crippen molar-refractivity contribution in [1.82, 2.24) is 14.9 Å². The summed E-state index contributed by atoms with van der Waals surface area (Å²) in [5.41, 5.74) is 0.508. The molecule has 0 spiro atoms. The Morgan fingerprint density at radius 3 is 2.91 bits per heavy atom. The quantitative estimate of drug-likeness (QED) is 0.908. The highest BCUT2D eigenvalue weighted by Crippen LogP contribution is 2.18. The maximum Gasteiger partial charge on any atom is 0.272 e. The summed E-state index contributed by atoms with van der Waals surface area (Å²) < 4.78 is 0. The van der Waals surface area contributed by atoms with Crippen LogP contribution in [0.1, 0.15) is 56.3 Å². The van der Waals surface area contributed by atoms with Crippen molar-refractivity contribution in [2.24, 2.45) is 11.8 Å². The summed E-state index contributed by atoms with van der Waals surface area (Å²) in [5.74, 6) is 2.64. The Balaban J connectivity index is 2.06. The standard InChI is InChI=1S/C17H28N4O/c1-12(2)7-8-18-16-10-15(19-14(4)20-16)17(22)21-9-5-6-13(3)11-21/h10,12-13H,5-9,11H2,1-4H3,(H,18,19,20). The van der Waals surface area contributed by atoms with Crippen molar-refractivity contribution < 1.29 is 4.79 Å². The molecule has 1 aliphatic heterocycles. The Morgan fingerprint density at radius 1 is 1.45 bits per heavy atom. The van der Waals surface area contributed by atoms with Crippen molar-refractivity contribution in [3.05, 3.63) is 17.6 Å². The lowest BCUT2D eigenvalue weighted by Gasteiger charge is -2.30. The first-order valence-electron chi connectivity index (χ1n) is 8.34. The van der Waals surface area contributed by atoms with Crippen molar-refractivity contribution in [3.8, 4) is 0 Å². The van der Waals surface area contributed by atoms with Crippen molar-refractivity contribution >= 4 is 11.7 Å². The van der Waals surface area contributed by atoms with Crippen LogP contribution in [0.15, 0.2) is 6.07 Å². The summed E-state index contributed by atoms with van der Waals surface area (Å²) in [4.78, 5) is 23.3. The summed E-state index contributed by atoms with van der Waals surface area (Å²) in [6, 6.07) is 1.79. The molecule has 0 bridgehead atoms. The smallest absolute Gasteiger partial charge is 0.272 e. The lowest BCUT2D eigenvalue weighted by Crippen LogP contribution is -2.39. The van der Waals surface area contributed by atoms with E-state index in [4.69, 9.17) is 0 Å². The van der Waals surface area contributed by atoms with Gasteiger partial charge in [-0.15, -0.1) is 0 Å². The molecule has 0 aromatic carbocycles. The Morgan fingerprint density at radius 2 is 2.23 bits per heavy atom. The molecule has 1 amide bonds. The zero-order valence-corrected chi connectivity index (χ0v) is 14.2. The van der Waals surface area contributed by atoms with Crippen LogP contribution in [0.2, 0.25) is 0 Å². The van der Waals surface area contributed by atoms with Crippen LogP contribution in [-0.2, 0) is 0 Å². The SMILES string of the molecule is Cc1nc(NCCC(C)C)cc(C(=O)N2CCCC(C)C2)n1. The largest absolute Gasteiger partial charge is 0.370 e. The van der Waals surface area contributed by atoms with Crippen LogP contribution in [0, 0.1) is 18.8 Å². The Kier molecular flexibility index (Phi) is 5.75. The number of amides is 1. The van der Waals surface area contributed by atoms with E-state index in [1.54, 1.807) is 6.07 Å². The molecule has 22 heavy (non-hydrogen) atoms. The van der Waals surface area contributed by atoms with E-state index in [0.717, 1.165) is 38.3 Å². The zero-order valence-electron chi connectivity index (χ0n) is 14.2. The maximum absolute atomic E-state index is 12.6. The number of carbonyl (C=O) groups is 1. The fourth-order valence-electron chi connectivity index (χ4n) is 2.79. The molecule has 1 N–H and O–H groups in total. The summed E-state index contributed by atoms with van der Waals surface area (Å²) in [7, 11) is 0. The van der Waals surface area contributed by atoms with E-state index in [1.165, 1.54) is 6.42 Å². The maximum atomic E-state index is 12.6. The molecule has 1 aromatic rings. The monoisotopic (exact) mass is 304 g/mol. The predicted molar refractivity (Wildman–Crippen MR) is 89.0 cm³/mol. The molecular weight excluding hydrogens is 276 g/mol. The van der Waals surface area contributed by atoms with Crippen LogP contribution < -0.4 is 5.32 Å². The van der Waals surface area contributed by atoms with Gasteiger partial charge < -0.3 is 10.2 Å². The lowest BCUT2D eigenvalue weighted by atomic mass is 10.00. The average Bonchev–Trinajstić information content (AvgIpc) is 2.45. The minimum Gasteiger partial charge on any atom is -0.370 e. The number of aryl methyl sites for hydroxylation is 1. The van der Waals surface area contributed by atoms with Gasteiger partial charge in [0.05, 0.1) is 0 Å². The average molecular weight is 304 g/mol. The van der Waals surface area contributed by atoms with Crippen molar-refractivity contribution in [1.29, 1.82) is 0 Å². The fraction of sp³-hybridized carbons (Fsp3) is 0.706. The summed E-state index contributed by atoms with van der Waals surface area (Å²) in [5, 5.41) is 3.30. The van der Waals surface area contributed by atoms with Crippen LogP contribution in [-0.4, -0.2) is 40.4 Å². The minimum absolute atomic E-state index is 0.0314. The molecule has 0 saturated carbocycles. The first kappa shape index (κ1) is 16.7. The van der Waals surface area contributed by atoms with E-state index >= 15 is 0 Å². The van der Waals surface area contributed by atoms with Gasteiger partial charge in [0.2, 0.25) is 0 Å². The third-order valence-corrected chi connectivity index (χ3v) is 4.03. The number of hydrogen-bond acceptors (Lipinski definition) is 4. The van der Waals surface area contributed by atoms with E-state index in [-0.39, 0.29) is 5.91 Å². The summed E-state index contributed by atoms with van der Waals surface area (Å²) in [6.45, 7) is 11.0. The summed E-state index contributed by atoms with van der Waals surface area (Å²) in [6.07, 6.45) is 3.36. The molecular formula is C17H28N4O. The highest BCUT2D eigenvalue weighted by atomic mass is 16.2. The number of anilines is 1. The topological polar surface area (TPSA) is 58.1 Å². The van der Waals surface area contributed by atoms with Crippen molar-refractivity contribution in [2.75, 3.05) is 25.0 Å². The molecule has 1 atom stereocenters. The molecule has 1 aromatic heterocycles. The van der Waals surface area contributed by atoms with Gasteiger partial charge in [0.25, 0.3) is 5.91 Å². The van der Waals surface area contributed by atoms with Gasteiger partial charge in [-0.1, -0.05) is 20.8 Å². The normalized spacial score (nSPS) is 18.6. The van der Waals surface area contributed by atoms with Gasteiger partial charge in [-0.2, -0.15) is 0 Å². The Hall–Kier alpha value is -1.65. The van der Waals surface area contributed by atoms with Gasteiger partial charge in [-0.25, -0.2) is 9.97 Å². The van der Waals surface area contributed by atoms with E-state index in [2.05, 4.69) is 36.1 Å². The van der Waals surface area contributed by atoms with Crippen LogP contribution >= 0.6 is 0 Å². The number of rotatable bonds is 5. The molecule has 1 unspecified atom stereocenters. The minimum atomic E-state index is 0.0314. The van der Waals surface area contributed by atoms with E-state index in [1.807, 2.05) is 11.8 Å². The summed E-state index contributed by atoms with van der Waals surface area (Å²) >= 11 is 0. The fourth-order valence-corrected chi connectivity index (χ4v) is 2.79. The number of likely N-dealkylation sites (tertiary alicyclic amines) is 1. The van der Waals surface area contributed by atoms with Gasteiger partial charge in [0, 0.05) is 25.7 Å².